The molecule has 1 aromatic heterocycles. The van der Waals surface area contributed by atoms with E-state index in [0.717, 1.165) is 31.0 Å². The van der Waals surface area contributed by atoms with Crippen LogP contribution in [0, 0.1) is 12.8 Å². The first-order valence-corrected chi connectivity index (χ1v) is 7.30. The predicted octanol–water partition coefficient (Wildman–Crippen LogP) is 2.68. The maximum absolute atomic E-state index is 5.79. The van der Waals surface area contributed by atoms with Crippen LogP contribution in [0.3, 0.4) is 0 Å². The average molecular weight is 272 g/mol. The second-order valence-electron chi connectivity index (χ2n) is 5.51. The lowest BCUT2D eigenvalue weighted by Gasteiger charge is -2.05. The van der Waals surface area contributed by atoms with Crippen LogP contribution >= 0.6 is 0 Å². The van der Waals surface area contributed by atoms with E-state index in [9.17, 15) is 0 Å². The summed E-state index contributed by atoms with van der Waals surface area (Å²) >= 11 is 0. The average Bonchev–Trinajstić information content (AvgIpc) is 2.80. The van der Waals surface area contributed by atoms with Crippen LogP contribution in [0.25, 0.3) is 0 Å². The minimum Gasteiger partial charge on any atom is -0.324 e. The van der Waals surface area contributed by atoms with Crippen molar-refractivity contribution in [1.29, 1.82) is 0 Å². The van der Waals surface area contributed by atoms with Gasteiger partial charge in [-0.15, -0.1) is 0 Å². The van der Waals surface area contributed by atoms with Gasteiger partial charge in [0.05, 0.1) is 13.1 Å². The topological polar surface area (TPSA) is 56.7 Å². The van der Waals surface area contributed by atoms with E-state index >= 15 is 0 Å². The molecule has 2 rings (SSSR count). The second kappa shape index (κ2) is 6.66. The lowest BCUT2D eigenvalue weighted by molar-refractivity contribution is 0.537. The van der Waals surface area contributed by atoms with Gasteiger partial charge < -0.3 is 5.73 Å². The van der Waals surface area contributed by atoms with Gasteiger partial charge in [0.25, 0.3) is 0 Å². The molecule has 4 heteroatoms. The van der Waals surface area contributed by atoms with Gasteiger partial charge in [-0.2, -0.15) is 5.10 Å². The molecule has 0 aliphatic rings. The quantitative estimate of drug-likeness (QED) is 0.879. The molecule has 0 saturated carbocycles. The molecule has 1 atom stereocenters. The second-order valence-corrected chi connectivity index (χ2v) is 5.51. The first-order chi connectivity index (χ1) is 9.62. The Kier molecular flexibility index (Phi) is 4.90. The standard InChI is InChI=1S/C16H24N4/c1-4-12(2)9-15-18-16(10-17)20(19-15)11-14-7-5-6-13(3)8-14/h5-8,12H,4,9-11,17H2,1-3H3. The Balaban J connectivity index is 2.18. The summed E-state index contributed by atoms with van der Waals surface area (Å²) in [7, 11) is 0. The van der Waals surface area contributed by atoms with E-state index in [4.69, 9.17) is 5.73 Å². The number of nitrogens with two attached hydrogens (primary N) is 1. The molecule has 20 heavy (non-hydrogen) atoms. The van der Waals surface area contributed by atoms with Crippen LogP contribution in [-0.2, 0) is 19.5 Å². The third-order valence-corrected chi connectivity index (χ3v) is 3.62. The number of aryl methyl sites for hydroxylation is 1. The molecule has 0 spiro atoms. The summed E-state index contributed by atoms with van der Waals surface area (Å²) < 4.78 is 1.94. The molecule has 0 amide bonds. The molecule has 108 valence electrons. The summed E-state index contributed by atoms with van der Waals surface area (Å²) in [6.45, 7) is 7.69. The zero-order valence-electron chi connectivity index (χ0n) is 12.6. The van der Waals surface area contributed by atoms with E-state index in [1.165, 1.54) is 11.1 Å². The van der Waals surface area contributed by atoms with E-state index in [1.807, 2.05) is 4.68 Å². The van der Waals surface area contributed by atoms with Gasteiger partial charge in [0.2, 0.25) is 0 Å². The zero-order valence-corrected chi connectivity index (χ0v) is 12.6. The van der Waals surface area contributed by atoms with Gasteiger partial charge in [-0.3, -0.25) is 0 Å². The molecule has 0 saturated heterocycles. The van der Waals surface area contributed by atoms with Crippen molar-refractivity contribution in [3.05, 3.63) is 47.0 Å². The van der Waals surface area contributed by atoms with Crippen LogP contribution in [0.2, 0.25) is 0 Å². The monoisotopic (exact) mass is 272 g/mol. The van der Waals surface area contributed by atoms with Crippen molar-refractivity contribution in [2.75, 3.05) is 0 Å². The fourth-order valence-electron chi connectivity index (χ4n) is 2.23. The predicted molar refractivity (Wildman–Crippen MR) is 81.4 cm³/mol. The van der Waals surface area contributed by atoms with Crippen LogP contribution in [-0.4, -0.2) is 14.8 Å². The number of benzene rings is 1. The van der Waals surface area contributed by atoms with Crippen LogP contribution in [0.1, 0.15) is 43.0 Å². The van der Waals surface area contributed by atoms with Crippen LogP contribution in [0.15, 0.2) is 24.3 Å². The SMILES string of the molecule is CCC(C)Cc1nc(CN)n(Cc2cccc(C)c2)n1. The van der Waals surface area contributed by atoms with Crippen molar-refractivity contribution in [2.24, 2.45) is 11.7 Å². The molecular formula is C16H24N4. The molecule has 1 heterocycles. The van der Waals surface area contributed by atoms with Gasteiger partial charge >= 0.3 is 0 Å². The molecule has 0 aliphatic heterocycles. The third kappa shape index (κ3) is 3.67. The first kappa shape index (κ1) is 14.7. The van der Waals surface area contributed by atoms with Crippen molar-refractivity contribution in [1.82, 2.24) is 14.8 Å². The highest BCUT2D eigenvalue weighted by Crippen LogP contribution is 2.11. The van der Waals surface area contributed by atoms with Crippen LogP contribution in [0.4, 0.5) is 0 Å². The molecule has 0 fully saturated rings. The van der Waals surface area contributed by atoms with Crippen molar-refractivity contribution in [3.63, 3.8) is 0 Å². The summed E-state index contributed by atoms with van der Waals surface area (Å²) in [5, 5.41) is 4.62. The number of aromatic nitrogens is 3. The molecular weight excluding hydrogens is 248 g/mol. The number of hydrogen-bond donors (Lipinski definition) is 1. The van der Waals surface area contributed by atoms with E-state index in [-0.39, 0.29) is 0 Å². The van der Waals surface area contributed by atoms with Gasteiger partial charge in [0, 0.05) is 6.42 Å². The fraction of sp³-hybridized carbons (Fsp3) is 0.500. The van der Waals surface area contributed by atoms with Crippen molar-refractivity contribution < 1.29 is 0 Å². The highest BCUT2D eigenvalue weighted by molar-refractivity contribution is 5.22. The fourth-order valence-corrected chi connectivity index (χ4v) is 2.23. The summed E-state index contributed by atoms with van der Waals surface area (Å²) in [5.74, 6) is 2.38. The summed E-state index contributed by atoms with van der Waals surface area (Å²) in [4.78, 5) is 4.56. The Bertz CT molecular complexity index is 559. The van der Waals surface area contributed by atoms with Gasteiger partial charge in [0.15, 0.2) is 5.82 Å². The maximum atomic E-state index is 5.79. The highest BCUT2D eigenvalue weighted by atomic mass is 15.3. The number of rotatable bonds is 6. The Hall–Kier alpha value is -1.68. The first-order valence-electron chi connectivity index (χ1n) is 7.30. The molecule has 0 radical (unpaired) electrons. The van der Waals surface area contributed by atoms with Crippen molar-refractivity contribution in [2.45, 2.75) is 46.7 Å². The lowest BCUT2D eigenvalue weighted by atomic mass is 10.1. The molecule has 1 aromatic carbocycles. The smallest absolute Gasteiger partial charge is 0.151 e. The third-order valence-electron chi connectivity index (χ3n) is 3.62. The van der Waals surface area contributed by atoms with E-state index < -0.39 is 0 Å². The Labute approximate surface area is 121 Å². The lowest BCUT2D eigenvalue weighted by Crippen LogP contribution is -2.10. The Morgan fingerprint density at radius 3 is 2.80 bits per heavy atom. The molecule has 0 bridgehead atoms. The van der Waals surface area contributed by atoms with Gasteiger partial charge in [-0.05, 0) is 18.4 Å². The number of nitrogens with zero attached hydrogens (tertiary/aromatic N) is 3. The van der Waals surface area contributed by atoms with Crippen molar-refractivity contribution >= 4 is 0 Å². The molecule has 0 aliphatic carbocycles. The van der Waals surface area contributed by atoms with E-state index in [0.29, 0.717) is 12.5 Å². The minimum absolute atomic E-state index is 0.430. The summed E-state index contributed by atoms with van der Waals surface area (Å²) in [5.41, 5.74) is 8.28. The van der Waals surface area contributed by atoms with Gasteiger partial charge in [0.1, 0.15) is 5.82 Å². The van der Waals surface area contributed by atoms with E-state index in [2.05, 4.69) is 55.1 Å². The highest BCUT2D eigenvalue weighted by Gasteiger charge is 2.11. The summed E-state index contributed by atoms with van der Waals surface area (Å²) in [6.07, 6.45) is 2.06. The largest absolute Gasteiger partial charge is 0.324 e. The zero-order chi connectivity index (χ0) is 14.5. The normalized spacial score (nSPS) is 12.6. The Morgan fingerprint density at radius 1 is 1.35 bits per heavy atom. The maximum Gasteiger partial charge on any atom is 0.151 e. The molecule has 1 unspecified atom stereocenters. The molecule has 2 N–H and O–H groups in total. The Morgan fingerprint density at radius 2 is 2.15 bits per heavy atom. The number of hydrogen-bond acceptors (Lipinski definition) is 3. The van der Waals surface area contributed by atoms with E-state index in [1.54, 1.807) is 0 Å². The van der Waals surface area contributed by atoms with Crippen LogP contribution < -0.4 is 5.73 Å². The molecule has 4 nitrogen and oxygen atoms in total. The van der Waals surface area contributed by atoms with Gasteiger partial charge in [-0.1, -0.05) is 50.1 Å². The minimum atomic E-state index is 0.430. The van der Waals surface area contributed by atoms with Crippen LogP contribution in [0.5, 0.6) is 0 Å². The molecule has 2 aromatic rings. The summed E-state index contributed by atoms with van der Waals surface area (Å²) in [6, 6.07) is 8.46. The van der Waals surface area contributed by atoms with Gasteiger partial charge in [-0.25, -0.2) is 9.67 Å². The van der Waals surface area contributed by atoms with Crippen molar-refractivity contribution in [3.8, 4) is 0 Å².